The van der Waals surface area contributed by atoms with Gasteiger partial charge in [-0.3, -0.25) is 10.1 Å². The quantitative estimate of drug-likeness (QED) is 0.211. The van der Waals surface area contributed by atoms with Gasteiger partial charge in [-0.05, 0) is 56.3 Å². The van der Waals surface area contributed by atoms with E-state index in [0.717, 1.165) is 30.3 Å². The summed E-state index contributed by atoms with van der Waals surface area (Å²) in [6.45, 7) is 2.85. The fourth-order valence-electron chi connectivity index (χ4n) is 3.47. The molecule has 0 aliphatic heterocycles. The molecule has 0 saturated heterocycles. The maximum Gasteiger partial charge on any atom is 0.269 e. The first-order chi connectivity index (χ1) is 17.3. The Morgan fingerprint density at radius 3 is 1.59 bits per heavy atom. The predicted octanol–water partition coefficient (Wildman–Crippen LogP) is 4.49. The van der Waals surface area contributed by atoms with Gasteiger partial charge in [-0.15, -0.1) is 0 Å². The first kappa shape index (κ1) is 28.0. The Morgan fingerprint density at radius 1 is 0.703 bits per heavy atom. The van der Waals surface area contributed by atoms with E-state index in [1.165, 1.54) is 62.4 Å². The highest BCUT2D eigenvalue weighted by Crippen LogP contribution is 2.34. The Labute approximate surface area is 215 Å². The molecule has 0 N–H and O–H groups in total. The highest BCUT2D eigenvalue weighted by molar-refractivity contribution is 8.00. The van der Waals surface area contributed by atoms with Crippen molar-refractivity contribution >= 4 is 35.2 Å². The molecule has 0 aromatic heterocycles. The van der Waals surface area contributed by atoms with Gasteiger partial charge in [-0.1, -0.05) is 42.0 Å². The Balaban J connectivity index is 2.23. The molecule has 9 nitrogen and oxygen atoms in total. The molecule has 0 amide bonds. The molecule has 0 atom stereocenters. The minimum Gasteiger partial charge on any atom is -0.258 e. The van der Waals surface area contributed by atoms with Crippen LogP contribution in [0.15, 0.2) is 121 Å². The third kappa shape index (κ3) is 6.04. The molecule has 0 radical (unpaired) electrons. The second-order valence-corrected chi connectivity index (χ2v) is 13.9. The molecule has 0 heterocycles. The predicted molar refractivity (Wildman–Crippen MR) is 139 cm³/mol. The van der Waals surface area contributed by atoms with Crippen LogP contribution < -0.4 is 0 Å². The summed E-state index contributed by atoms with van der Waals surface area (Å²) in [5.74, 6) is -0.868. The molecule has 0 aliphatic carbocycles. The lowest BCUT2D eigenvalue weighted by Crippen LogP contribution is -2.17. The number of allylic oxidation sites excluding steroid dienone is 1. The van der Waals surface area contributed by atoms with Crippen LogP contribution in [0, 0.1) is 10.1 Å². The van der Waals surface area contributed by atoms with Crippen LogP contribution in [0.2, 0.25) is 0 Å². The van der Waals surface area contributed by atoms with E-state index in [1.54, 1.807) is 12.1 Å². The lowest BCUT2D eigenvalue weighted by atomic mass is 10.3. The van der Waals surface area contributed by atoms with E-state index >= 15 is 0 Å². The van der Waals surface area contributed by atoms with Crippen molar-refractivity contribution in [1.82, 2.24) is 0 Å². The molecule has 3 aromatic rings. The molecule has 194 valence electrons. The molecule has 37 heavy (non-hydrogen) atoms. The number of nitro groups is 1. The highest BCUT2D eigenvalue weighted by atomic mass is 32.2. The SMILES string of the molecule is CC(C)=C(C(=CCS(=O)(=O)c1ccc([N+](=O)[O-])cc1)S(=O)(=O)c1ccccc1)S(=O)(=O)c1ccccc1. The Morgan fingerprint density at radius 2 is 1.16 bits per heavy atom. The minimum absolute atomic E-state index is 0.141. The minimum atomic E-state index is -4.49. The lowest BCUT2D eigenvalue weighted by Gasteiger charge is -2.16. The van der Waals surface area contributed by atoms with E-state index in [0.29, 0.717) is 0 Å². The van der Waals surface area contributed by atoms with Gasteiger partial charge in [0.1, 0.15) is 0 Å². The van der Waals surface area contributed by atoms with E-state index in [2.05, 4.69) is 0 Å². The van der Waals surface area contributed by atoms with Gasteiger partial charge < -0.3 is 0 Å². The van der Waals surface area contributed by atoms with Crippen molar-refractivity contribution in [1.29, 1.82) is 0 Å². The number of hydrogen-bond acceptors (Lipinski definition) is 8. The Hall–Kier alpha value is -3.61. The first-order valence-corrected chi connectivity index (χ1v) is 15.4. The van der Waals surface area contributed by atoms with Crippen molar-refractivity contribution < 1.29 is 30.2 Å². The van der Waals surface area contributed by atoms with Crippen molar-refractivity contribution in [3.05, 3.63) is 117 Å². The first-order valence-electron chi connectivity index (χ1n) is 10.7. The second-order valence-electron chi connectivity index (χ2n) is 8.06. The van der Waals surface area contributed by atoms with Crippen molar-refractivity contribution in [2.24, 2.45) is 0 Å². The van der Waals surface area contributed by atoms with E-state index in [-0.39, 0.29) is 25.9 Å². The summed E-state index contributed by atoms with van der Waals surface area (Å²) in [6, 6.07) is 18.4. The highest BCUT2D eigenvalue weighted by Gasteiger charge is 2.34. The molecule has 0 unspecified atom stereocenters. The maximum absolute atomic E-state index is 13.7. The molecule has 3 aromatic carbocycles. The summed E-state index contributed by atoms with van der Waals surface area (Å²) in [5.41, 5.74) is -0.176. The standard InChI is InChI=1S/C25H23NO8S3/c1-19(2)25(37(33,34)23-11-7-4-8-12-23)24(36(31,32)22-9-5-3-6-10-22)17-18-35(29,30)21-15-13-20(14-16-21)26(27)28/h3-17H,18H2,1-2H3. The van der Waals surface area contributed by atoms with Gasteiger partial charge in [0.2, 0.25) is 19.7 Å². The van der Waals surface area contributed by atoms with Crippen LogP contribution in [0.25, 0.3) is 0 Å². The molecule has 0 saturated carbocycles. The maximum atomic E-state index is 13.7. The summed E-state index contributed by atoms with van der Waals surface area (Å²) < 4.78 is 80.6. The van der Waals surface area contributed by atoms with E-state index in [1.807, 2.05) is 0 Å². The number of non-ortho nitro benzene ring substituents is 1. The van der Waals surface area contributed by atoms with Crippen molar-refractivity contribution in [2.75, 3.05) is 5.75 Å². The van der Waals surface area contributed by atoms with Crippen molar-refractivity contribution in [2.45, 2.75) is 28.5 Å². The zero-order valence-electron chi connectivity index (χ0n) is 19.8. The summed E-state index contributed by atoms with van der Waals surface area (Å²) in [7, 11) is -13.1. The van der Waals surface area contributed by atoms with Crippen LogP contribution >= 0.6 is 0 Å². The van der Waals surface area contributed by atoms with Gasteiger partial charge in [0.15, 0.2) is 9.84 Å². The molecule has 0 fully saturated rings. The van der Waals surface area contributed by atoms with Crippen LogP contribution in [0.1, 0.15) is 13.8 Å². The molecule has 3 rings (SSSR count). The number of sulfone groups is 3. The molecule has 0 aliphatic rings. The van der Waals surface area contributed by atoms with Crippen LogP contribution in [-0.4, -0.2) is 35.9 Å². The Bertz CT molecular complexity index is 1690. The third-order valence-corrected chi connectivity index (χ3v) is 10.9. The summed E-state index contributed by atoms with van der Waals surface area (Å²) in [5, 5.41) is 10.9. The van der Waals surface area contributed by atoms with Gasteiger partial charge >= 0.3 is 0 Å². The third-order valence-electron chi connectivity index (χ3n) is 5.24. The molecular weight excluding hydrogens is 538 g/mol. The fourth-order valence-corrected chi connectivity index (χ4v) is 8.52. The topological polar surface area (TPSA) is 146 Å². The van der Waals surface area contributed by atoms with Crippen LogP contribution in [0.3, 0.4) is 0 Å². The van der Waals surface area contributed by atoms with Crippen LogP contribution in [0.4, 0.5) is 5.69 Å². The Kier molecular flexibility index (Phi) is 8.16. The van der Waals surface area contributed by atoms with Gasteiger partial charge in [0.25, 0.3) is 5.69 Å². The van der Waals surface area contributed by atoms with Crippen molar-refractivity contribution in [3.8, 4) is 0 Å². The number of nitrogens with zero attached hydrogens (tertiary/aromatic N) is 1. The average molecular weight is 562 g/mol. The monoisotopic (exact) mass is 561 g/mol. The molecule has 0 spiro atoms. The number of rotatable bonds is 9. The number of benzene rings is 3. The van der Waals surface area contributed by atoms with Gasteiger partial charge in [0.05, 0.1) is 35.2 Å². The molecular formula is C25H23NO8S3. The van der Waals surface area contributed by atoms with E-state index < -0.39 is 50.0 Å². The van der Waals surface area contributed by atoms with Gasteiger partial charge in [0, 0.05) is 12.1 Å². The van der Waals surface area contributed by atoms with Crippen LogP contribution in [-0.2, 0) is 29.5 Å². The van der Waals surface area contributed by atoms with Crippen LogP contribution in [0.5, 0.6) is 0 Å². The van der Waals surface area contributed by atoms with E-state index in [9.17, 15) is 35.4 Å². The van der Waals surface area contributed by atoms with E-state index in [4.69, 9.17) is 0 Å². The number of hydrogen-bond donors (Lipinski definition) is 0. The van der Waals surface area contributed by atoms with Gasteiger partial charge in [-0.2, -0.15) is 0 Å². The summed E-state index contributed by atoms with van der Waals surface area (Å²) in [6.07, 6.45) is 0.863. The average Bonchev–Trinajstić information content (AvgIpc) is 2.87. The smallest absolute Gasteiger partial charge is 0.258 e. The van der Waals surface area contributed by atoms with Gasteiger partial charge in [-0.25, -0.2) is 25.3 Å². The normalized spacial score (nSPS) is 12.6. The second kappa shape index (κ2) is 10.8. The lowest BCUT2D eigenvalue weighted by molar-refractivity contribution is -0.384. The number of nitro benzene ring substituents is 1. The van der Waals surface area contributed by atoms with Crippen molar-refractivity contribution in [3.63, 3.8) is 0 Å². The largest absolute Gasteiger partial charge is 0.269 e. The molecule has 12 heteroatoms. The summed E-state index contributed by atoms with van der Waals surface area (Å²) in [4.78, 5) is 8.36. The molecule has 0 bridgehead atoms. The zero-order chi connectivity index (χ0) is 27.4. The summed E-state index contributed by atoms with van der Waals surface area (Å²) >= 11 is 0. The zero-order valence-corrected chi connectivity index (χ0v) is 22.3. The fraction of sp³-hybridized carbons (Fsp3) is 0.120.